The maximum Gasteiger partial charge on any atom is 0.416 e. The van der Waals surface area contributed by atoms with Crippen LogP contribution >= 0.6 is 0 Å². The molecule has 2 amide bonds. The summed E-state index contributed by atoms with van der Waals surface area (Å²) in [5, 5.41) is 5.26. The Balaban J connectivity index is 1.37. The van der Waals surface area contributed by atoms with Gasteiger partial charge in [-0.3, -0.25) is 9.59 Å². The third kappa shape index (κ3) is 6.63. The van der Waals surface area contributed by atoms with Gasteiger partial charge in [-0.2, -0.15) is 13.2 Å². The van der Waals surface area contributed by atoms with Crippen LogP contribution in [0.25, 0.3) is 0 Å². The number of aryl methyl sites for hydroxylation is 1. The van der Waals surface area contributed by atoms with E-state index >= 15 is 0 Å². The standard InChI is InChI=1S/C22H23F3N2O4/c23-22(24,25)17-6-4-16(5-7-17)21(29)27-11-10-26-20(28)9-3-15-2-8-18-19(14-15)31-13-1-12-30-18/h2,4-8,14H,1,3,9-13H2,(H,26,28)(H,27,29). The number of fused-ring (bicyclic) bond motifs is 1. The van der Waals surface area contributed by atoms with Crippen LogP contribution in [0.4, 0.5) is 13.2 Å². The summed E-state index contributed by atoms with van der Waals surface area (Å²) in [5.74, 6) is 0.710. The van der Waals surface area contributed by atoms with E-state index in [4.69, 9.17) is 9.47 Å². The minimum atomic E-state index is -4.45. The number of carbonyl (C=O) groups excluding carboxylic acids is 2. The smallest absolute Gasteiger partial charge is 0.416 e. The van der Waals surface area contributed by atoms with E-state index in [1.807, 2.05) is 18.2 Å². The molecular formula is C22H23F3N2O4. The highest BCUT2D eigenvalue weighted by Crippen LogP contribution is 2.31. The number of benzene rings is 2. The number of amides is 2. The van der Waals surface area contributed by atoms with E-state index in [2.05, 4.69) is 10.6 Å². The molecule has 0 saturated heterocycles. The van der Waals surface area contributed by atoms with Gasteiger partial charge in [0.15, 0.2) is 11.5 Å². The average molecular weight is 436 g/mol. The Labute approximate surface area is 177 Å². The number of ether oxygens (including phenoxy) is 2. The lowest BCUT2D eigenvalue weighted by atomic mass is 10.1. The Hall–Kier alpha value is -3.23. The van der Waals surface area contributed by atoms with E-state index in [0.29, 0.717) is 31.1 Å². The van der Waals surface area contributed by atoms with Crippen molar-refractivity contribution in [1.29, 1.82) is 0 Å². The Morgan fingerprint density at radius 2 is 1.58 bits per heavy atom. The molecule has 0 fully saturated rings. The van der Waals surface area contributed by atoms with E-state index < -0.39 is 17.6 Å². The zero-order valence-corrected chi connectivity index (χ0v) is 16.8. The first-order valence-electron chi connectivity index (χ1n) is 9.93. The fourth-order valence-electron chi connectivity index (χ4n) is 3.00. The molecular weight excluding hydrogens is 413 g/mol. The van der Waals surface area contributed by atoms with Gasteiger partial charge in [0.1, 0.15) is 0 Å². The molecule has 1 heterocycles. The van der Waals surface area contributed by atoms with Gasteiger partial charge < -0.3 is 20.1 Å². The fourth-order valence-corrected chi connectivity index (χ4v) is 3.00. The molecule has 2 N–H and O–H groups in total. The van der Waals surface area contributed by atoms with Crippen molar-refractivity contribution in [2.24, 2.45) is 0 Å². The van der Waals surface area contributed by atoms with E-state index in [1.165, 1.54) is 0 Å². The summed E-state index contributed by atoms with van der Waals surface area (Å²) < 4.78 is 48.9. The number of carbonyl (C=O) groups is 2. The molecule has 1 aliphatic heterocycles. The molecule has 0 aromatic heterocycles. The maximum absolute atomic E-state index is 12.6. The number of hydrogen-bond acceptors (Lipinski definition) is 4. The third-order valence-corrected chi connectivity index (χ3v) is 4.66. The van der Waals surface area contributed by atoms with Crippen LogP contribution in [-0.4, -0.2) is 38.1 Å². The number of rotatable bonds is 7. The molecule has 166 valence electrons. The second-order valence-electron chi connectivity index (χ2n) is 7.01. The van der Waals surface area contributed by atoms with Crippen molar-refractivity contribution in [2.75, 3.05) is 26.3 Å². The van der Waals surface area contributed by atoms with Gasteiger partial charge in [-0.05, 0) is 48.4 Å². The van der Waals surface area contributed by atoms with Gasteiger partial charge in [-0.25, -0.2) is 0 Å². The molecule has 0 saturated carbocycles. The van der Waals surface area contributed by atoms with Gasteiger partial charge in [-0.15, -0.1) is 0 Å². The van der Waals surface area contributed by atoms with Crippen molar-refractivity contribution >= 4 is 11.8 Å². The lowest BCUT2D eigenvalue weighted by Gasteiger charge is -2.10. The zero-order chi connectivity index (χ0) is 22.3. The molecule has 31 heavy (non-hydrogen) atoms. The molecule has 0 radical (unpaired) electrons. The van der Waals surface area contributed by atoms with Crippen molar-refractivity contribution in [3.05, 3.63) is 59.2 Å². The van der Waals surface area contributed by atoms with Crippen molar-refractivity contribution in [1.82, 2.24) is 10.6 Å². The number of alkyl halides is 3. The van der Waals surface area contributed by atoms with Crippen LogP contribution in [0, 0.1) is 0 Å². The quantitative estimate of drug-likeness (QED) is 0.653. The Kier molecular flexibility index (Phi) is 7.38. The van der Waals surface area contributed by atoms with Crippen molar-refractivity contribution in [3.8, 4) is 11.5 Å². The van der Waals surface area contributed by atoms with E-state index in [1.54, 1.807) is 0 Å². The molecule has 2 aromatic rings. The monoisotopic (exact) mass is 436 g/mol. The van der Waals surface area contributed by atoms with E-state index in [-0.39, 0.29) is 31.0 Å². The highest BCUT2D eigenvalue weighted by molar-refractivity contribution is 5.94. The maximum atomic E-state index is 12.6. The molecule has 0 aliphatic carbocycles. The van der Waals surface area contributed by atoms with Crippen LogP contribution in [0.5, 0.6) is 11.5 Å². The van der Waals surface area contributed by atoms with Crippen LogP contribution in [0.1, 0.15) is 34.3 Å². The third-order valence-electron chi connectivity index (χ3n) is 4.66. The second-order valence-corrected chi connectivity index (χ2v) is 7.01. The van der Waals surface area contributed by atoms with Crippen LogP contribution in [0.3, 0.4) is 0 Å². The van der Waals surface area contributed by atoms with Gasteiger partial charge in [0.05, 0.1) is 18.8 Å². The lowest BCUT2D eigenvalue weighted by molar-refractivity contribution is -0.137. The summed E-state index contributed by atoms with van der Waals surface area (Å²) in [4.78, 5) is 24.0. The lowest BCUT2D eigenvalue weighted by Crippen LogP contribution is -2.34. The largest absolute Gasteiger partial charge is 0.490 e. The van der Waals surface area contributed by atoms with Gasteiger partial charge >= 0.3 is 6.18 Å². The summed E-state index contributed by atoms with van der Waals surface area (Å²) in [6.45, 7) is 1.58. The van der Waals surface area contributed by atoms with Gasteiger partial charge in [0.2, 0.25) is 5.91 Å². The Morgan fingerprint density at radius 1 is 0.903 bits per heavy atom. The van der Waals surface area contributed by atoms with Crippen LogP contribution in [0.2, 0.25) is 0 Å². The summed E-state index contributed by atoms with van der Waals surface area (Å²) in [5.41, 5.74) is 0.258. The summed E-state index contributed by atoms with van der Waals surface area (Å²) in [6.07, 6.45) is -2.83. The van der Waals surface area contributed by atoms with Gasteiger partial charge in [0.25, 0.3) is 5.91 Å². The number of nitrogens with one attached hydrogen (secondary N) is 2. The number of hydrogen-bond donors (Lipinski definition) is 2. The van der Waals surface area contributed by atoms with Crippen molar-refractivity contribution < 1.29 is 32.2 Å². The summed E-state index contributed by atoms with van der Waals surface area (Å²) in [7, 11) is 0. The topological polar surface area (TPSA) is 76.7 Å². The summed E-state index contributed by atoms with van der Waals surface area (Å²) in [6, 6.07) is 9.55. The highest BCUT2D eigenvalue weighted by atomic mass is 19.4. The predicted molar refractivity (Wildman–Crippen MR) is 107 cm³/mol. The first-order chi connectivity index (χ1) is 14.8. The molecule has 2 aromatic carbocycles. The minimum Gasteiger partial charge on any atom is -0.490 e. The van der Waals surface area contributed by atoms with Crippen molar-refractivity contribution in [3.63, 3.8) is 0 Å². The molecule has 1 aliphatic rings. The molecule has 0 bridgehead atoms. The number of halogens is 3. The van der Waals surface area contributed by atoms with E-state index in [9.17, 15) is 22.8 Å². The van der Waals surface area contributed by atoms with Crippen LogP contribution < -0.4 is 20.1 Å². The van der Waals surface area contributed by atoms with E-state index in [0.717, 1.165) is 36.2 Å². The Morgan fingerprint density at radius 3 is 2.29 bits per heavy atom. The SMILES string of the molecule is O=C(CCc1ccc2c(c1)OCCCO2)NCCNC(=O)c1ccc(C(F)(F)F)cc1. The minimum absolute atomic E-state index is 0.119. The predicted octanol–water partition coefficient (Wildman–Crippen LogP) is 3.35. The van der Waals surface area contributed by atoms with Gasteiger partial charge in [-0.1, -0.05) is 6.07 Å². The summed E-state index contributed by atoms with van der Waals surface area (Å²) >= 11 is 0. The van der Waals surface area contributed by atoms with Gasteiger partial charge in [0, 0.05) is 31.5 Å². The average Bonchev–Trinajstić information content (AvgIpc) is 2.99. The van der Waals surface area contributed by atoms with Crippen molar-refractivity contribution in [2.45, 2.75) is 25.4 Å². The molecule has 3 rings (SSSR count). The zero-order valence-electron chi connectivity index (χ0n) is 16.8. The first-order valence-corrected chi connectivity index (χ1v) is 9.93. The fraction of sp³-hybridized carbons (Fsp3) is 0.364. The van der Waals surface area contributed by atoms with Crippen LogP contribution in [0.15, 0.2) is 42.5 Å². The highest BCUT2D eigenvalue weighted by Gasteiger charge is 2.30. The molecule has 9 heteroatoms. The molecule has 0 spiro atoms. The van der Waals surface area contributed by atoms with Crippen LogP contribution in [-0.2, 0) is 17.4 Å². The first kappa shape index (κ1) is 22.5. The second kappa shape index (κ2) is 10.2. The molecule has 0 atom stereocenters. The molecule has 6 nitrogen and oxygen atoms in total. The normalized spacial score (nSPS) is 13.3. The Bertz CT molecular complexity index is 914. The molecule has 0 unspecified atom stereocenters.